The zero-order valence-electron chi connectivity index (χ0n) is 14.8. The Balaban J connectivity index is 1.92. The van der Waals surface area contributed by atoms with Crippen LogP contribution in [-0.4, -0.2) is 22.0 Å². The number of hydrogen-bond acceptors (Lipinski definition) is 5. The summed E-state index contributed by atoms with van der Waals surface area (Å²) in [6.07, 6.45) is -1.01. The summed E-state index contributed by atoms with van der Waals surface area (Å²) in [5.74, 6) is -0.568. The minimum Gasteiger partial charge on any atom is -0.474 e. The Bertz CT molecular complexity index is 928. The van der Waals surface area contributed by atoms with Crippen LogP contribution < -0.4 is 20.9 Å². The number of hydrogen-bond donors (Lipinski definition) is 3. The minimum absolute atomic E-state index is 0.000552. The average Bonchev–Trinajstić information content (AvgIpc) is 2.63. The molecular formula is C17H16BrClN4O4S. The fourth-order valence-corrected chi connectivity index (χ4v) is 2.96. The second kappa shape index (κ2) is 9.67. The number of carbonyl (C=O) groups is 1. The Hall–Kier alpha value is -2.43. The Morgan fingerprint density at radius 3 is 2.64 bits per heavy atom. The number of nitrogens with one attached hydrogen (secondary N) is 3. The molecule has 0 heterocycles. The van der Waals surface area contributed by atoms with Crippen LogP contribution in [0.1, 0.15) is 12.5 Å². The van der Waals surface area contributed by atoms with Crippen LogP contribution in [-0.2, 0) is 4.79 Å². The van der Waals surface area contributed by atoms with Crippen LogP contribution in [0.3, 0.4) is 0 Å². The van der Waals surface area contributed by atoms with Crippen LogP contribution in [0.15, 0.2) is 40.9 Å². The fraction of sp³-hybridized carbons (Fsp3) is 0.176. The Morgan fingerprint density at radius 2 is 2.00 bits per heavy atom. The highest BCUT2D eigenvalue weighted by Gasteiger charge is 2.21. The summed E-state index contributed by atoms with van der Waals surface area (Å²) >= 11 is 14.5. The van der Waals surface area contributed by atoms with E-state index in [-0.39, 0.29) is 16.5 Å². The first-order valence-electron chi connectivity index (χ1n) is 7.91. The van der Waals surface area contributed by atoms with E-state index in [2.05, 4.69) is 32.1 Å². The molecule has 0 aliphatic rings. The van der Waals surface area contributed by atoms with Crippen LogP contribution in [0.2, 0.25) is 5.02 Å². The largest absolute Gasteiger partial charge is 0.474 e. The van der Waals surface area contributed by atoms with Crippen molar-refractivity contribution in [2.24, 2.45) is 0 Å². The number of nitrogens with zero attached hydrogens (tertiary/aromatic N) is 1. The van der Waals surface area contributed by atoms with Gasteiger partial charge in [0, 0.05) is 10.5 Å². The van der Waals surface area contributed by atoms with Crippen LogP contribution in [0.5, 0.6) is 5.75 Å². The van der Waals surface area contributed by atoms with Gasteiger partial charge in [0.1, 0.15) is 0 Å². The lowest BCUT2D eigenvalue weighted by molar-refractivity contribution is -0.386. The molecule has 0 bridgehead atoms. The molecule has 1 atom stereocenters. The number of rotatable bonds is 5. The van der Waals surface area contributed by atoms with Gasteiger partial charge in [0.25, 0.3) is 5.91 Å². The van der Waals surface area contributed by atoms with Gasteiger partial charge in [-0.25, -0.2) is 0 Å². The molecule has 0 saturated carbocycles. The lowest BCUT2D eigenvalue weighted by Gasteiger charge is -2.17. The molecule has 1 unspecified atom stereocenters. The number of halogens is 2. The molecule has 11 heteroatoms. The average molecular weight is 488 g/mol. The topological polar surface area (TPSA) is 106 Å². The third kappa shape index (κ3) is 6.04. The van der Waals surface area contributed by atoms with Crippen molar-refractivity contribution in [1.82, 2.24) is 10.9 Å². The summed E-state index contributed by atoms with van der Waals surface area (Å²) in [7, 11) is 0. The van der Waals surface area contributed by atoms with Gasteiger partial charge >= 0.3 is 5.69 Å². The molecule has 0 spiro atoms. The minimum atomic E-state index is -1.01. The van der Waals surface area contributed by atoms with Crippen LogP contribution in [0.25, 0.3) is 0 Å². The first kappa shape index (κ1) is 21.9. The SMILES string of the molecule is Cc1ccc(OC(C)C(=O)NNC(=S)Nc2ccc(Br)cc2Cl)c([N+](=O)[O-])c1. The fourth-order valence-electron chi connectivity index (χ4n) is 2.08. The van der Waals surface area contributed by atoms with Gasteiger partial charge in [-0.15, -0.1) is 0 Å². The van der Waals surface area contributed by atoms with Crippen LogP contribution >= 0.6 is 39.7 Å². The highest BCUT2D eigenvalue weighted by Crippen LogP contribution is 2.28. The second-order valence-corrected chi connectivity index (χ2v) is 7.41. The molecule has 148 valence electrons. The molecule has 3 N–H and O–H groups in total. The molecular weight excluding hydrogens is 472 g/mol. The summed E-state index contributed by atoms with van der Waals surface area (Å²) in [6, 6.07) is 9.66. The molecule has 1 amide bonds. The second-order valence-electron chi connectivity index (χ2n) is 5.68. The third-order valence-electron chi connectivity index (χ3n) is 3.46. The smallest absolute Gasteiger partial charge is 0.311 e. The van der Waals surface area contributed by atoms with Gasteiger partial charge in [0.2, 0.25) is 0 Å². The lowest BCUT2D eigenvalue weighted by Crippen LogP contribution is -2.48. The number of hydrazine groups is 1. The number of nitro benzene ring substituents is 1. The van der Waals surface area contributed by atoms with Crippen molar-refractivity contribution in [3.05, 3.63) is 61.6 Å². The van der Waals surface area contributed by atoms with E-state index < -0.39 is 16.9 Å². The van der Waals surface area contributed by atoms with Gasteiger partial charge < -0.3 is 10.1 Å². The van der Waals surface area contributed by atoms with Crippen molar-refractivity contribution in [2.75, 3.05) is 5.32 Å². The van der Waals surface area contributed by atoms with Crippen LogP contribution in [0, 0.1) is 17.0 Å². The number of amides is 1. The van der Waals surface area contributed by atoms with Gasteiger partial charge in [0.05, 0.1) is 15.6 Å². The Labute approximate surface area is 179 Å². The Kier molecular flexibility index (Phi) is 7.55. The van der Waals surface area contributed by atoms with Crippen molar-refractivity contribution in [1.29, 1.82) is 0 Å². The quantitative estimate of drug-likeness (QED) is 0.331. The van der Waals surface area contributed by atoms with E-state index in [1.165, 1.54) is 19.1 Å². The van der Waals surface area contributed by atoms with Gasteiger partial charge in [-0.05, 0) is 55.9 Å². The molecule has 0 aromatic heterocycles. The zero-order chi connectivity index (χ0) is 20.8. The molecule has 8 nitrogen and oxygen atoms in total. The number of carbonyl (C=O) groups excluding carboxylic acids is 1. The maximum atomic E-state index is 12.2. The molecule has 0 radical (unpaired) electrons. The number of thiocarbonyl (C=S) groups is 1. The van der Waals surface area contributed by atoms with Gasteiger partial charge in [-0.3, -0.25) is 25.8 Å². The number of ether oxygens (including phenoxy) is 1. The molecule has 2 aromatic rings. The lowest BCUT2D eigenvalue weighted by atomic mass is 10.2. The first-order valence-corrected chi connectivity index (χ1v) is 9.49. The van der Waals surface area contributed by atoms with Crippen molar-refractivity contribution in [2.45, 2.75) is 20.0 Å². The molecule has 0 saturated heterocycles. The first-order chi connectivity index (χ1) is 13.2. The molecule has 0 aliphatic carbocycles. The van der Waals surface area contributed by atoms with Crippen molar-refractivity contribution < 1.29 is 14.5 Å². The summed E-state index contributed by atoms with van der Waals surface area (Å²) in [4.78, 5) is 22.7. The van der Waals surface area contributed by atoms with E-state index in [0.29, 0.717) is 16.3 Å². The van der Waals surface area contributed by atoms with Crippen molar-refractivity contribution >= 4 is 62.1 Å². The van der Waals surface area contributed by atoms with Gasteiger partial charge in [-0.2, -0.15) is 0 Å². The normalized spacial score (nSPS) is 11.3. The van der Waals surface area contributed by atoms with Gasteiger partial charge in [0.15, 0.2) is 17.0 Å². The highest BCUT2D eigenvalue weighted by atomic mass is 79.9. The molecule has 28 heavy (non-hydrogen) atoms. The molecule has 0 fully saturated rings. The monoisotopic (exact) mass is 486 g/mol. The van der Waals surface area contributed by atoms with E-state index >= 15 is 0 Å². The number of aryl methyl sites for hydroxylation is 1. The summed E-state index contributed by atoms with van der Waals surface area (Å²) in [6.45, 7) is 3.19. The van der Waals surface area contributed by atoms with E-state index in [9.17, 15) is 14.9 Å². The predicted octanol–water partition coefficient (Wildman–Crippen LogP) is 4.10. The summed E-state index contributed by atoms with van der Waals surface area (Å²) in [5.41, 5.74) is 5.94. The predicted molar refractivity (Wildman–Crippen MR) is 115 cm³/mol. The standard InChI is InChI=1S/C17H16BrClN4O4S/c1-9-3-6-15(14(7-9)23(25)26)27-10(2)16(24)21-22-17(28)20-13-5-4-11(18)8-12(13)19/h3-8,10H,1-2H3,(H,21,24)(H2,20,22,28). The maximum Gasteiger partial charge on any atom is 0.311 e. The van der Waals surface area contributed by atoms with Gasteiger partial charge in [-0.1, -0.05) is 33.6 Å². The van der Waals surface area contributed by atoms with Crippen LogP contribution in [0.4, 0.5) is 11.4 Å². The maximum absolute atomic E-state index is 12.2. The molecule has 2 rings (SSSR count). The number of nitro groups is 1. The zero-order valence-corrected chi connectivity index (χ0v) is 17.9. The van der Waals surface area contributed by atoms with Crippen molar-refractivity contribution in [3.63, 3.8) is 0 Å². The van der Waals surface area contributed by atoms with E-state index in [1.807, 2.05) is 0 Å². The third-order valence-corrected chi connectivity index (χ3v) is 4.47. The molecule has 0 aliphatic heterocycles. The van der Waals surface area contributed by atoms with Crippen molar-refractivity contribution in [3.8, 4) is 5.75 Å². The van der Waals surface area contributed by atoms with E-state index in [4.69, 9.17) is 28.6 Å². The Morgan fingerprint density at radius 1 is 1.29 bits per heavy atom. The van der Waals surface area contributed by atoms with E-state index in [0.717, 1.165) is 4.47 Å². The summed E-state index contributed by atoms with van der Waals surface area (Å²) in [5, 5.41) is 14.5. The number of anilines is 1. The number of benzene rings is 2. The summed E-state index contributed by atoms with van der Waals surface area (Å²) < 4.78 is 6.23. The molecule has 2 aromatic carbocycles. The highest BCUT2D eigenvalue weighted by molar-refractivity contribution is 9.10. The van der Waals surface area contributed by atoms with E-state index in [1.54, 1.807) is 31.2 Å².